The SMILES string of the molecule is COCc1cc(C2C3=C(CC4COC(=O)C42)C(O)C2OCOC2C3)cc(OC)c1OC. The van der Waals surface area contributed by atoms with Gasteiger partial charge in [0, 0.05) is 24.5 Å². The quantitative estimate of drug-likeness (QED) is 0.557. The normalized spacial score (nSPS) is 34.1. The average Bonchev–Trinajstić information content (AvgIpc) is 3.39. The van der Waals surface area contributed by atoms with E-state index in [-0.39, 0.29) is 42.7 Å². The van der Waals surface area contributed by atoms with E-state index in [0.29, 0.717) is 37.6 Å². The molecule has 6 atom stereocenters. The number of methoxy groups -OCH3 is 3. The lowest BCUT2D eigenvalue weighted by atomic mass is 9.63. The summed E-state index contributed by atoms with van der Waals surface area (Å²) < 4.78 is 33.4. The molecule has 1 aromatic carbocycles. The van der Waals surface area contributed by atoms with E-state index in [1.807, 2.05) is 12.1 Å². The van der Waals surface area contributed by atoms with Crippen molar-refractivity contribution in [2.45, 2.75) is 43.7 Å². The van der Waals surface area contributed by atoms with Gasteiger partial charge in [0.15, 0.2) is 11.5 Å². The van der Waals surface area contributed by atoms with Crippen LogP contribution >= 0.6 is 0 Å². The highest BCUT2D eigenvalue weighted by atomic mass is 16.7. The molecular weight excluding hydrogens is 404 g/mol. The molecule has 1 N–H and O–H groups in total. The highest BCUT2D eigenvalue weighted by Gasteiger charge is 2.53. The molecule has 0 bridgehead atoms. The van der Waals surface area contributed by atoms with E-state index >= 15 is 0 Å². The van der Waals surface area contributed by atoms with Crippen LogP contribution in [0, 0.1) is 11.8 Å². The average molecular weight is 432 g/mol. The molecule has 1 aromatic rings. The first-order valence-electron chi connectivity index (χ1n) is 10.6. The van der Waals surface area contributed by atoms with Crippen molar-refractivity contribution in [1.82, 2.24) is 0 Å². The number of esters is 1. The Morgan fingerprint density at radius 2 is 1.94 bits per heavy atom. The van der Waals surface area contributed by atoms with Crippen molar-refractivity contribution in [1.29, 1.82) is 0 Å². The largest absolute Gasteiger partial charge is 0.493 e. The van der Waals surface area contributed by atoms with Crippen LogP contribution in [-0.4, -0.2) is 64.1 Å². The van der Waals surface area contributed by atoms with Crippen molar-refractivity contribution >= 4 is 5.97 Å². The lowest BCUT2D eigenvalue weighted by Crippen LogP contribution is -2.45. The minimum atomic E-state index is -0.742. The first-order chi connectivity index (χ1) is 15.1. The number of ether oxygens (including phenoxy) is 6. The first kappa shape index (κ1) is 20.8. The second-order valence-electron chi connectivity index (χ2n) is 8.60. The van der Waals surface area contributed by atoms with Crippen LogP contribution in [0.4, 0.5) is 0 Å². The van der Waals surface area contributed by atoms with Crippen LogP contribution in [0.5, 0.6) is 11.5 Å². The van der Waals surface area contributed by atoms with Crippen molar-refractivity contribution in [3.05, 3.63) is 34.4 Å². The summed E-state index contributed by atoms with van der Waals surface area (Å²) in [6, 6.07) is 3.93. The summed E-state index contributed by atoms with van der Waals surface area (Å²) in [4.78, 5) is 12.8. The molecule has 2 aliphatic carbocycles. The van der Waals surface area contributed by atoms with Crippen molar-refractivity contribution in [3.8, 4) is 11.5 Å². The smallest absolute Gasteiger partial charge is 0.310 e. The zero-order valence-corrected chi connectivity index (χ0v) is 18.0. The van der Waals surface area contributed by atoms with Gasteiger partial charge in [0.05, 0.1) is 39.5 Å². The van der Waals surface area contributed by atoms with Crippen molar-refractivity contribution < 1.29 is 38.3 Å². The molecule has 2 aliphatic heterocycles. The molecule has 8 heteroatoms. The monoisotopic (exact) mass is 432 g/mol. The minimum Gasteiger partial charge on any atom is -0.493 e. The predicted octanol–water partition coefficient (Wildman–Crippen LogP) is 1.93. The van der Waals surface area contributed by atoms with E-state index in [1.54, 1.807) is 21.3 Å². The predicted molar refractivity (Wildman–Crippen MR) is 108 cm³/mol. The zero-order valence-electron chi connectivity index (χ0n) is 18.0. The lowest BCUT2D eigenvalue weighted by molar-refractivity contribution is -0.141. The molecule has 2 saturated heterocycles. The summed E-state index contributed by atoms with van der Waals surface area (Å²) in [6.45, 7) is 0.892. The molecule has 8 nitrogen and oxygen atoms in total. The second-order valence-corrected chi connectivity index (χ2v) is 8.60. The number of cyclic esters (lactones) is 1. The van der Waals surface area contributed by atoms with Crippen LogP contribution < -0.4 is 9.47 Å². The van der Waals surface area contributed by atoms with Gasteiger partial charge in [0.25, 0.3) is 0 Å². The molecule has 2 fully saturated rings. The van der Waals surface area contributed by atoms with Crippen LogP contribution in [0.25, 0.3) is 0 Å². The fraction of sp³-hybridized carbons (Fsp3) is 0.609. The van der Waals surface area contributed by atoms with Crippen LogP contribution in [-0.2, 0) is 30.3 Å². The van der Waals surface area contributed by atoms with Crippen molar-refractivity contribution in [2.75, 3.05) is 34.7 Å². The first-order valence-corrected chi connectivity index (χ1v) is 10.6. The summed E-state index contributed by atoms with van der Waals surface area (Å²) in [6.07, 6.45) is -0.0679. The van der Waals surface area contributed by atoms with E-state index in [4.69, 9.17) is 28.4 Å². The highest BCUT2D eigenvalue weighted by Crippen LogP contribution is 2.54. The number of fused-ring (bicyclic) bond motifs is 2. The summed E-state index contributed by atoms with van der Waals surface area (Å²) in [5.41, 5.74) is 3.77. The Morgan fingerprint density at radius 3 is 2.68 bits per heavy atom. The Morgan fingerprint density at radius 1 is 1.10 bits per heavy atom. The van der Waals surface area contributed by atoms with Crippen molar-refractivity contribution in [2.24, 2.45) is 11.8 Å². The van der Waals surface area contributed by atoms with Gasteiger partial charge in [-0.1, -0.05) is 5.57 Å². The van der Waals surface area contributed by atoms with Gasteiger partial charge < -0.3 is 33.5 Å². The number of hydrogen-bond acceptors (Lipinski definition) is 8. The Labute approximate surface area is 181 Å². The third kappa shape index (κ3) is 3.24. The number of carbonyl (C=O) groups excluding carboxylic acids is 1. The molecule has 0 aromatic heterocycles. The zero-order chi connectivity index (χ0) is 21.7. The number of aliphatic hydroxyl groups excluding tert-OH is 1. The van der Waals surface area contributed by atoms with Crippen LogP contribution in [0.2, 0.25) is 0 Å². The molecule has 4 aliphatic rings. The maximum atomic E-state index is 12.8. The fourth-order valence-electron chi connectivity index (χ4n) is 5.78. The Balaban J connectivity index is 1.66. The maximum Gasteiger partial charge on any atom is 0.310 e. The van der Waals surface area contributed by atoms with E-state index in [1.165, 1.54) is 0 Å². The molecule has 0 amide bonds. The number of rotatable bonds is 5. The Kier molecular flexibility index (Phi) is 5.42. The van der Waals surface area contributed by atoms with E-state index in [0.717, 1.165) is 22.3 Å². The third-order valence-electron chi connectivity index (χ3n) is 7.08. The minimum absolute atomic E-state index is 0.0174. The van der Waals surface area contributed by atoms with Crippen LogP contribution in [0.1, 0.15) is 29.9 Å². The Bertz CT molecular complexity index is 909. The van der Waals surface area contributed by atoms with Gasteiger partial charge in [-0.2, -0.15) is 0 Å². The van der Waals surface area contributed by atoms with E-state index in [9.17, 15) is 9.90 Å². The number of hydrogen-bond donors (Lipinski definition) is 1. The summed E-state index contributed by atoms with van der Waals surface area (Å²) in [7, 11) is 4.81. The number of carbonyl (C=O) groups is 1. The molecule has 2 heterocycles. The molecule has 5 rings (SSSR count). The van der Waals surface area contributed by atoms with Gasteiger partial charge in [0.2, 0.25) is 0 Å². The van der Waals surface area contributed by atoms with Gasteiger partial charge in [-0.15, -0.1) is 0 Å². The van der Waals surface area contributed by atoms with Gasteiger partial charge >= 0.3 is 5.97 Å². The van der Waals surface area contributed by atoms with Crippen LogP contribution in [0.3, 0.4) is 0 Å². The molecular formula is C23H28O8. The van der Waals surface area contributed by atoms with Gasteiger partial charge in [0.1, 0.15) is 19.0 Å². The number of aliphatic hydroxyl groups is 1. The maximum absolute atomic E-state index is 12.8. The molecule has 168 valence electrons. The molecule has 6 unspecified atom stereocenters. The topological polar surface area (TPSA) is 92.7 Å². The lowest BCUT2D eigenvalue weighted by Gasteiger charge is -2.42. The fourth-order valence-corrected chi connectivity index (χ4v) is 5.78. The van der Waals surface area contributed by atoms with Crippen molar-refractivity contribution in [3.63, 3.8) is 0 Å². The van der Waals surface area contributed by atoms with E-state index in [2.05, 4.69) is 0 Å². The summed E-state index contributed by atoms with van der Waals surface area (Å²) in [5.74, 6) is 0.475. The Hall–Kier alpha value is -2.13. The molecule has 31 heavy (non-hydrogen) atoms. The number of benzene rings is 1. The molecule has 0 radical (unpaired) electrons. The van der Waals surface area contributed by atoms with Gasteiger partial charge in [-0.3, -0.25) is 4.79 Å². The summed E-state index contributed by atoms with van der Waals surface area (Å²) >= 11 is 0. The molecule has 0 saturated carbocycles. The van der Waals surface area contributed by atoms with E-state index < -0.39 is 6.10 Å². The van der Waals surface area contributed by atoms with Gasteiger partial charge in [-0.05, 0) is 36.1 Å². The standard InChI is InChI=1S/C23H28O8/c1-26-8-13-4-11(6-16(27-2)21(13)28-3)18-14-7-17-22(31-10-30-17)20(24)15(14)5-12-9-29-23(25)19(12)18/h4,6,12,17-20,22,24H,5,7-10H2,1-3H3. The van der Waals surface area contributed by atoms with Crippen LogP contribution in [0.15, 0.2) is 23.3 Å². The second kappa shape index (κ2) is 8.09. The summed E-state index contributed by atoms with van der Waals surface area (Å²) in [5, 5.41) is 11.1. The van der Waals surface area contributed by atoms with Gasteiger partial charge in [-0.25, -0.2) is 0 Å². The highest BCUT2D eigenvalue weighted by molar-refractivity contribution is 5.78. The third-order valence-corrected chi connectivity index (χ3v) is 7.08. The molecule has 0 spiro atoms.